The molecule has 4 aromatic rings. The lowest BCUT2D eigenvalue weighted by Gasteiger charge is -2.35. The zero-order valence-corrected chi connectivity index (χ0v) is 20.1. The van der Waals surface area contributed by atoms with E-state index in [2.05, 4.69) is 15.0 Å². The topological polar surface area (TPSA) is 97.5 Å². The highest BCUT2D eigenvalue weighted by Crippen LogP contribution is 2.29. The molecule has 12 heteroatoms. The molecule has 2 N–H and O–H groups in total. The average Bonchev–Trinajstić information content (AvgIpc) is 2.90. The van der Waals surface area contributed by atoms with Gasteiger partial charge in [-0.05, 0) is 48.5 Å². The van der Waals surface area contributed by atoms with E-state index in [1.165, 1.54) is 6.07 Å². The minimum atomic E-state index is -1.55. The summed E-state index contributed by atoms with van der Waals surface area (Å²) in [5, 5.41) is 0.575. The van der Waals surface area contributed by atoms with Crippen LogP contribution in [0, 0.1) is 17.5 Å². The van der Waals surface area contributed by atoms with E-state index >= 15 is 0 Å². The first-order valence-electron chi connectivity index (χ1n) is 11.3. The number of pyridine rings is 1. The minimum absolute atomic E-state index is 0.0331. The summed E-state index contributed by atoms with van der Waals surface area (Å²) in [6.07, 6.45) is 0. The first kappa shape index (κ1) is 24.6. The van der Waals surface area contributed by atoms with Crippen LogP contribution in [-0.4, -0.2) is 58.5 Å². The maximum atomic E-state index is 13.8. The van der Waals surface area contributed by atoms with Crippen molar-refractivity contribution < 1.29 is 22.7 Å². The number of amides is 1. The number of hydrogen-bond donors (Lipinski definition) is 1. The zero-order valence-electron chi connectivity index (χ0n) is 19.3. The van der Waals surface area contributed by atoms with Crippen molar-refractivity contribution in [2.24, 2.45) is 0 Å². The van der Waals surface area contributed by atoms with Gasteiger partial charge in [0.05, 0.1) is 11.2 Å². The normalized spacial score (nSPS) is 13.7. The van der Waals surface area contributed by atoms with Crippen molar-refractivity contribution in [1.29, 1.82) is 0 Å². The summed E-state index contributed by atoms with van der Waals surface area (Å²) in [5.41, 5.74) is 6.99. The second kappa shape index (κ2) is 10.1. The number of carbonyl (C=O) groups excluding carboxylic acids is 1. The number of anilines is 2. The van der Waals surface area contributed by atoms with Gasteiger partial charge < -0.3 is 20.3 Å². The molecule has 5 rings (SSSR count). The molecule has 2 aromatic carbocycles. The SMILES string of the molecule is Nc1nc(N2CCN(C(=O)COc3ccc(Cl)cc3)CC2)c2nc(-c3cc(F)c(F)c(F)c3)ccc2n1. The molecule has 0 radical (unpaired) electrons. The van der Waals surface area contributed by atoms with E-state index in [0.717, 1.165) is 12.1 Å². The maximum Gasteiger partial charge on any atom is 0.260 e. The van der Waals surface area contributed by atoms with Crippen LogP contribution in [0.15, 0.2) is 48.5 Å². The third kappa shape index (κ3) is 5.21. The highest BCUT2D eigenvalue weighted by atomic mass is 35.5. The lowest BCUT2D eigenvalue weighted by Crippen LogP contribution is -2.50. The van der Waals surface area contributed by atoms with Gasteiger partial charge in [-0.25, -0.2) is 23.1 Å². The van der Waals surface area contributed by atoms with Crippen LogP contribution in [0.4, 0.5) is 24.9 Å². The molecule has 2 aromatic heterocycles. The van der Waals surface area contributed by atoms with E-state index in [1.807, 2.05) is 4.90 Å². The Labute approximate surface area is 214 Å². The van der Waals surface area contributed by atoms with Crippen LogP contribution in [-0.2, 0) is 4.79 Å². The number of rotatable bonds is 5. The lowest BCUT2D eigenvalue weighted by atomic mass is 10.1. The number of nitrogen functional groups attached to an aromatic ring is 1. The molecule has 1 amide bonds. The van der Waals surface area contributed by atoms with Gasteiger partial charge in [0.2, 0.25) is 5.95 Å². The van der Waals surface area contributed by atoms with E-state index in [4.69, 9.17) is 22.1 Å². The Morgan fingerprint density at radius 3 is 2.30 bits per heavy atom. The molecule has 0 atom stereocenters. The number of nitrogens with two attached hydrogens (primary N) is 1. The molecule has 0 aliphatic carbocycles. The van der Waals surface area contributed by atoms with Crippen molar-refractivity contribution in [3.8, 4) is 17.0 Å². The molecule has 0 spiro atoms. The molecule has 1 aliphatic heterocycles. The number of hydrogen-bond acceptors (Lipinski definition) is 7. The Morgan fingerprint density at radius 1 is 0.946 bits per heavy atom. The van der Waals surface area contributed by atoms with Crippen LogP contribution in [0.25, 0.3) is 22.3 Å². The van der Waals surface area contributed by atoms with Crippen molar-refractivity contribution in [2.75, 3.05) is 43.4 Å². The first-order valence-corrected chi connectivity index (χ1v) is 11.7. The van der Waals surface area contributed by atoms with Gasteiger partial charge in [-0.1, -0.05) is 11.6 Å². The fraction of sp³-hybridized carbons (Fsp3) is 0.200. The van der Waals surface area contributed by atoms with Gasteiger partial charge in [-0.2, -0.15) is 4.98 Å². The monoisotopic (exact) mass is 528 g/mol. The molecular formula is C25H20ClF3N6O2. The predicted octanol–water partition coefficient (Wildman–Crippen LogP) is 4.07. The second-order valence-corrected chi connectivity index (χ2v) is 8.77. The summed E-state index contributed by atoms with van der Waals surface area (Å²) < 4.78 is 46.6. The largest absolute Gasteiger partial charge is 0.484 e. The highest BCUT2D eigenvalue weighted by Gasteiger charge is 2.25. The number of halogens is 4. The summed E-state index contributed by atoms with van der Waals surface area (Å²) in [4.78, 5) is 29.3. The fourth-order valence-electron chi connectivity index (χ4n) is 4.04. The summed E-state index contributed by atoms with van der Waals surface area (Å²) in [5.74, 6) is -3.34. The van der Waals surface area contributed by atoms with E-state index in [-0.39, 0.29) is 29.7 Å². The van der Waals surface area contributed by atoms with Gasteiger partial charge >= 0.3 is 0 Å². The second-order valence-electron chi connectivity index (χ2n) is 8.33. The van der Waals surface area contributed by atoms with Crippen LogP contribution in [0.3, 0.4) is 0 Å². The number of fused-ring (bicyclic) bond motifs is 1. The van der Waals surface area contributed by atoms with Crippen LogP contribution in [0.5, 0.6) is 5.75 Å². The molecule has 3 heterocycles. The van der Waals surface area contributed by atoms with Gasteiger partial charge in [0, 0.05) is 36.8 Å². The molecule has 0 saturated carbocycles. The fourth-order valence-corrected chi connectivity index (χ4v) is 4.16. The number of piperazine rings is 1. The third-order valence-electron chi connectivity index (χ3n) is 5.93. The number of benzene rings is 2. The molecule has 190 valence electrons. The Morgan fingerprint density at radius 2 is 1.62 bits per heavy atom. The number of ether oxygens (including phenoxy) is 1. The van der Waals surface area contributed by atoms with E-state index in [9.17, 15) is 18.0 Å². The van der Waals surface area contributed by atoms with Crippen molar-refractivity contribution >= 4 is 40.3 Å². The summed E-state index contributed by atoms with van der Waals surface area (Å²) in [6.45, 7) is 1.57. The molecule has 37 heavy (non-hydrogen) atoms. The van der Waals surface area contributed by atoms with Crippen LogP contribution >= 0.6 is 11.6 Å². The van der Waals surface area contributed by atoms with Crippen molar-refractivity contribution in [1.82, 2.24) is 19.9 Å². The minimum Gasteiger partial charge on any atom is -0.484 e. The lowest BCUT2D eigenvalue weighted by molar-refractivity contribution is -0.133. The van der Waals surface area contributed by atoms with E-state index in [1.54, 1.807) is 35.2 Å². The molecule has 0 bridgehead atoms. The Bertz CT molecular complexity index is 1460. The molecule has 8 nitrogen and oxygen atoms in total. The van der Waals surface area contributed by atoms with Gasteiger partial charge in [-0.15, -0.1) is 0 Å². The molecule has 1 fully saturated rings. The number of aromatic nitrogens is 3. The van der Waals surface area contributed by atoms with Crippen LogP contribution in [0.1, 0.15) is 0 Å². The van der Waals surface area contributed by atoms with Gasteiger partial charge in [0.1, 0.15) is 11.3 Å². The number of carbonyl (C=O) groups is 1. The Hall–Kier alpha value is -4.12. The standard InChI is InChI=1S/C25H20ClF3N6O2/c26-15-1-3-16(4-2-15)37-13-21(36)34-7-9-35(10-8-34)24-23-20(32-25(30)33-24)6-5-19(31-23)14-11-17(27)22(29)18(28)12-14/h1-6,11-12H,7-10,13H2,(H2,30,32,33). The average molecular weight is 529 g/mol. The molecular weight excluding hydrogens is 509 g/mol. The molecule has 1 aliphatic rings. The predicted molar refractivity (Wildman–Crippen MR) is 133 cm³/mol. The van der Waals surface area contributed by atoms with Gasteiger partial charge in [-0.3, -0.25) is 4.79 Å². The van der Waals surface area contributed by atoms with Crippen LogP contribution < -0.4 is 15.4 Å². The maximum absolute atomic E-state index is 13.8. The molecule has 1 saturated heterocycles. The van der Waals surface area contributed by atoms with Gasteiger partial charge in [0.15, 0.2) is 29.9 Å². The van der Waals surface area contributed by atoms with Crippen LogP contribution in [0.2, 0.25) is 5.02 Å². The zero-order chi connectivity index (χ0) is 26.1. The smallest absolute Gasteiger partial charge is 0.260 e. The molecule has 0 unspecified atom stereocenters. The van der Waals surface area contributed by atoms with Crippen molar-refractivity contribution in [3.63, 3.8) is 0 Å². The van der Waals surface area contributed by atoms with Crippen molar-refractivity contribution in [3.05, 3.63) is 71.0 Å². The van der Waals surface area contributed by atoms with E-state index < -0.39 is 17.5 Å². The van der Waals surface area contributed by atoms with E-state index in [0.29, 0.717) is 53.8 Å². The van der Waals surface area contributed by atoms with Gasteiger partial charge in [0.25, 0.3) is 5.91 Å². The summed E-state index contributed by atoms with van der Waals surface area (Å²) in [7, 11) is 0. The first-order chi connectivity index (χ1) is 17.8. The Balaban J connectivity index is 1.33. The summed E-state index contributed by atoms with van der Waals surface area (Å²) in [6, 6.07) is 11.6. The highest BCUT2D eigenvalue weighted by molar-refractivity contribution is 6.30. The summed E-state index contributed by atoms with van der Waals surface area (Å²) >= 11 is 5.86. The third-order valence-corrected chi connectivity index (χ3v) is 6.18. The van der Waals surface area contributed by atoms with Crippen molar-refractivity contribution in [2.45, 2.75) is 0 Å². The Kier molecular flexibility index (Phi) is 6.70. The number of nitrogens with zero attached hydrogens (tertiary/aromatic N) is 5. The quantitative estimate of drug-likeness (QED) is 0.390.